The van der Waals surface area contributed by atoms with Crippen LogP contribution < -0.4 is 4.74 Å². The molecule has 0 amide bonds. The molecule has 22 heavy (non-hydrogen) atoms. The molecule has 0 aliphatic heterocycles. The van der Waals surface area contributed by atoms with E-state index < -0.39 is 0 Å². The predicted octanol–water partition coefficient (Wildman–Crippen LogP) is 4.91. The smallest absolute Gasteiger partial charge is 0.216 e. The van der Waals surface area contributed by atoms with Crippen molar-refractivity contribution >= 4 is 0 Å². The summed E-state index contributed by atoms with van der Waals surface area (Å²) >= 11 is 0. The summed E-state index contributed by atoms with van der Waals surface area (Å²) in [5.41, 5.74) is 1.18. The van der Waals surface area contributed by atoms with Crippen LogP contribution in [0.5, 0.6) is 5.88 Å². The summed E-state index contributed by atoms with van der Waals surface area (Å²) in [6.45, 7) is 7.22. The molecule has 0 spiro atoms. The van der Waals surface area contributed by atoms with Crippen molar-refractivity contribution in [2.45, 2.75) is 58.5 Å². The van der Waals surface area contributed by atoms with Crippen molar-refractivity contribution in [2.24, 2.45) is 0 Å². The molecule has 0 bridgehead atoms. The van der Waals surface area contributed by atoms with E-state index in [1.807, 2.05) is 30.5 Å². The molecule has 0 unspecified atom stereocenters. The number of ether oxygens (including phenoxy) is 1. The van der Waals surface area contributed by atoms with E-state index in [1.54, 1.807) is 0 Å². The molecule has 1 aromatic carbocycles. The van der Waals surface area contributed by atoms with Gasteiger partial charge in [0.05, 0.1) is 0 Å². The molecule has 2 aromatic rings. The lowest BCUT2D eigenvalue weighted by Gasteiger charge is -2.27. The van der Waals surface area contributed by atoms with Gasteiger partial charge in [-0.25, -0.2) is 4.98 Å². The minimum Gasteiger partial charge on any atom is -0.473 e. The van der Waals surface area contributed by atoms with Crippen LogP contribution in [0.3, 0.4) is 0 Å². The van der Waals surface area contributed by atoms with E-state index in [9.17, 15) is 0 Å². The van der Waals surface area contributed by atoms with Crippen LogP contribution in [0.2, 0.25) is 0 Å². The number of hydrogen-bond donors (Lipinski definition) is 0. The summed E-state index contributed by atoms with van der Waals surface area (Å²) < 4.78 is 5.83. The molecule has 0 saturated carbocycles. The van der Waals surface area contributed by atoms with Gasteiger partial charge in [0.2, 0.25) is 5.88 Å². The second-order valence-electron chi connectivity index (χ2n) is 6.05. The normalized spacial score (nSPS) is 11.4. The third-order valence-corrected chi connectivity index (χ3v) is 4.00. The number of benzene rings is 1. The van der Waals surface area contributed by atoms with E-state index in [4.69, 9.17) is 4.74 Å². The van der Waals surface area contributed by atoms with Gasteiger partial charge in [-0.1, -0.05) is 63.9 Å². The fraction of sp³-hybridized carbons (Fsp3) is 0.474. The zero-order valence-corrected chi connectivity index (χ0v) is 13.9. The van der Waals surface area contributed by atoms with Crippen molar-refractivity contribution in [1.29, 1.82) is 0 Å². The number of hydrogen-bond acceptors (Lipinski definition) is 3. The van der Waals surface area contributed by atoms with Gasteiger partial charge in [-0.05, 0) is 18.4 Å². The van der Waals surface area contributed by atoms with Crippen LogP contribution in [0.15, 0.2) is 42.6 Å². The topological polar surface area (TPSA) is 35.0 Å². The highest BCUT2D eigenvalue weighted by Crippen LogP contribution is 2.32. The molecule has 0 atom stereocenters. The molecule has 0 radical (unpaired) electrons. The van der Waals surface area contributed by atoms with Crippen LogP contribution in [0, 0.1) is 0 Å². The first-order valence-corrected chi connectivity index (χ1v) is 8.18. The Hall–Kier alpha value is -1.90. The van der Waals surface area contributed by atoms with Crippen LogP contribution in [0.25, 0.3) is 0 Å². The number of rotatable bonds is 8. The van der Waals surface area contributed by atoms with Crippen molar-refractivity contribution < 1.29 is 4.74 Å². The molecular formula is C19H26N2O. The number of aromatic nitrogens is 2. The van der Waals surface area contributed by atoms with E-state index in [-0.39, 0.29) is 5.41 Å². The van der Waals surface area contributed by atoms with Crippen LogP contribution in [-0.4, -0.2) is 9.97 Å². The van der Waals surface area contributed by atoms with Crippen molar-refractivity contribution in [3.8, 4) is 5.88 Å². The van der Waals surface area contributed by atoms with Crippen molar-refractivity contribution in [3.63, 3.8) is 0 Å². The van der Waals surface area contributed by atoms with E-state index in [0.29, 0.717) is 12.5 Å². The number of nitrogens with zero attached hydrogens (tertiary/aromatic N) is 2. The first-order chi connectivity index (χ1) is 10.7. The summed E-state index contributed by atoms with van der Waals surface area (Å²) in [6.07, 6.45) is 6.28. The average Bonchev–Trinajstić information content (AvgIpc) is 2.55. The lowest BCUT2D eigenvalue weighted by atomic mass is 9.80. The first-order valence-electron chi connectivity index (χ1n) is 8.18. The maximum absolute atomic E-state index is 5.83. The van der Waals surface area contributed by atoms with E-state index in [0.717, 1.165) is 37.1 Å². The molecule has 3 heteroatoms. The Morgan fingerprint density at radius 3 is 2.32 bits per heavy atom. The SMILES string of the molecule is CCCC(C)(CCC)c1nccc(OCc2ccccc2)n1. The molecule has 0 N–H and O–H groups in total. The average molecular weight is 298 g/mol. The van der Waals surface area contributed by atoms with E-state index in [2.05, 4.69) is 42.9 Å². The van der Waals surface area contributed by atoms with Gasteiger partial charge in [-0.3, -0.25) is 0 Å². The Morgan fingerprint density at radius 1 is 1.00 bits per heavy atom. The molecule has 2 rings (SSSR count). The molecule has 1 heterocycles. The maximum atomic E-state index is 5.83. The second-order valence-corrected chi connectivity index (χ2v) is 6.05. The zero-order chi connectivity index (χ0) is 15.8. The summed E-state index contributed by atoms with van der Waals surface area (Å²) in [7, 11) is 0. The van der Waals surface area contributed by atoms with Crippen LogP contribution >= 0.6 is 0 Å². The maximum Gasteiger partial charge on any atom is 0.216 e. The van der Waals surface area contributed by atoms with Gasteiger partial charge in [0.15, 0.2) is 0 Å². The first kappa shape index (κ1) is 16.5. The molecule has 1 aromatic heterocycles. The highest BCUT2D eigenvalue weighted by molar-refractivity contribution is 5.17. The summed E-state index contributed by atoms with van der Waals surface area (Å²) in [4.78, 5) is 9.18. The lowest BCUT2D eigenvalue weighted by molar-refractivity contribution is 0.285. The predicted molar refractivity (Wildman–Crippen MR) is 90.0 cm³/mol. The fourth-order valence-corrected chi connectivity index (χ4v) is 2.90. The molecule has 0 aliphatic carbocycles. The fourth-order valence-electron chi connectivity index (χ4n) is 2.90. The Labute approximate surface area is 133 Å². The Bertz CT molecular complexity index is 563. The molecular weight excluding hydrogens is 272 g/mol. The standard InChI is InChI=1S/C19H26N2O/c1-4-12-19(3,13-5-2)18-20-14-11-17(21-18)22-15-16-9-7-6-8-10-16/h6-11,14H,4-5,12-13,15H2,1-3H3. The monoisotopic (exact) mass is 298 g/mol. The van der Waals surface area contributed by atoms with Crippen molar-refractivity contribution in [2.75, 3.05) is 0 Å². The van der Waals surface area contributed by atoms with Gasteiger partial charge in [-0.2, -0.15) is 4.98 Å². The summed E-state index contributed by atoms with van der Waals surface area (Å²) in [6, 6.07) is 12.0. The van der Waals surface area contributed by atoms with Crippen molar-refractivity contribution in [3.05, 3.63) is 54.0 Å². The second kappa shape index (κ2) is 7.92. The van der Waals surface area contributed by atoms with E-state index >= 15 is 0 Å². The van der Waals surface area contributed by atoms with E-state index in [1.165, 1.54) is 0 Å². The van der Waals surface area contributed by atoms with Crippen LogP contribution in [0.4, 0.5) is 0 Å². The molecule has 118 valence electrons. The molecule has 3 nitrogen and oxygen atoms in total. The molecule has 0 fully saturated rings. The molecule has 0 saturated heterocycles. The van der Waals surface area contributed by atoms with Gasteiger partial charge in [0.25, 0.3) is 0 Å². The largest absolute Gasteiger partial charge is 0.473 e. The highest BCUT2D eigenvalue weighted by Gasteiger charge is 2.28. The summed E-state index contributed by atoms with van der Waals surface area (Å²) in [5.74, 6) is 1.56. The third kappa shape index (κ3) is 4.30. The van der Waals surface area contributed by atoms with Gasteiger partial charge in [-0.15, -0.1) is 0 Å². The van der Waals surface area contributed by atoms with Gasteiger partial charge >= 0.3 is 0 Å². The zero-order valence-electron chi connectivity index (χ0n) is 13.9. The Morgan fingerprint density at radius 2 is 1.68 bits per heavy atom. The quantitative estimate of drug-likeness (QED) is 0.694. The van der Waals surface area contributed by atoms with Crippen molar-refractivity contribution in [1.82, 2.24) is 9.97 Å². The third-order valence-electron chi connectivity index (χ3n) is 4.00. The lowest BCUT2D eigenvalue weighted by Crippen LogP contribution is -2.24. The minimum absolute atomic E-state index is 0.0373. The van der Waals surface area contributed by atoms with Gasteiger partial charge < -0.3 is 4.74 Å². The molecule has 0 aliphatic rings. The Balaban J connectivity index is 2.11. The van der Waals surface area contributed by atoms with Crippen LogP contribution in [-0.2, 0) is 12.0 Å². The van der Waals surface area contributed by atoms with Gasteiger partial charge in [0.1, 0.15) is 12.4 Å². The Kier molecular flexibility index (Phi) is 5.93. The van der Waals surface area contributed by atoms with Crippen LogP contribution in [0.1, 0.15) is 57.8 Å². The summed E-state index contributed by atoms with van der Waals surface area (Å²) in [5, 5.41) is 0. The highest BCUT2D eigenvalue weighted by atomic mass is 16.5. The van der Waals surface area contributed by atoms with Gasteiger partial charge in [0, 0.05) is 17.7 Å². The minimum atomic E-state index is 0.0373.